The van der Waals surface area contributed by atoms with Crippen LogP contribution in [0.3, 0.4) is 0 Å². The molecule has 1 aliphatic rings. The Bertz CT molecular complexity index is 718. The van der Waals surface area contributed by atoms with Crippen molar-refractivity contribution in [3.63, 3.8) is 0 Å². The molecule has 0 spiro atoms. The zero-order valence-electron chi connectivity index (χ0n) is 13.8. The lowest BCUT2D eigenvalue weighted by molar-refractivity contribution is 0.186. The first-order valence-corrected chi connectivity index (χ1v) is 8.51. The molecule has 0 amide bonds. The van der Waals surface area contributed by atoms with Gasteiger partial charge in [0, 0.05) is 43.6 Å². The molecule has 25 heavy (non-hydrogen) atoms. The molecular formula is C17H21ClN6O. The van der Waals surface area contributed by atoms with Crippen LogP contribution >= 0.6 is 11.6 Å². The van der Waals surface area contributed by atoms with Crippen LogP contribution < -0.4 is 10.6 Å². The van der Waals surface area contributed by atoms with Gasteiger partial charge < -0.3 is 20.6 Å². The number of hydrogen-bond donors (Lipinski definition) is 2. The van der Waals surface area contributed by atoms with Crippen LogP contribution in [0, 0.1) is 0 Å². The van der Waals surface area contributed by atoms with Crippen molar-refractivity contribution in [3.8, 4) is 0 Å². The third kappa shape index (κ3) is 4.58. The smallest absolute Gasteiger partial charge is 0.225 e. The predicted molar refractivity (Wildman–Crippen MR) is 98.7 cm³/mol. The number of rotatable bonds is 4. The molecule has 0 radical (unpaired) electrons. The van der Waals surface area contributed by atoms with Crippen LogP contribution in [-0.2, 0) is 0 Å². The molecule has 0 aliphatic carbocycles. The molecule has 132 valence electrons. The molecule has 3 rings (SSSR count). The first kappa shape index (κ1) is 17.4. The van der Waals surface area contributed by atoms with Crippen LogP contribution in [0.5, 0.6) is 0 Å². The third-order valence-corrected chi connectivity index (χ3v) is 4.33. The summed E-state index contributed by atoms with van der Waals surface area (Å²) in [5.41, 5.74) is 6.81. The van der Waals surface area contributed by atoms with Gasteiger partial charge in [0.1, 0.15) is 0 Å². The minimum atomic E-state index is -0.726. The van der Waals surface area contributed by atoms with E-state index in [1.807, 2.05) is 11.0 Å². The van der Waals surface area contributed by atoms with E-state index in [1.165, 1.54) is 0 Å². The molecule has 1 aromatic carbocycles. The van der Waals surface area contributed by atoms with Crippen LogP contribution in [0.25, 0.3) is 0 Å². The van der Waals surface area contributed by atoms with Crippen molar-refractivity contribution in [2.24, 2.45) is 10.7 Å². The van der Waals surface area contributed by atoms with Crippen LogP contribution in [0.4, 0.5) is 5.95 Å². The fraction of sp³-hybridized carbons (Fsp3) is 0.353. The van der Waals surface area contributed by atoms with E-state index >= 15 is 0 Å². The number of halogens is 1. The molecule has 1 aromatic heterocycles. The van der Waals surface area contributed by atoms with E-state index in [4.69, 9.17) is 17.3 Å². The van der Waals surface area contributed by atoms with E-state index in [1.54, 1.807) is 36.7 Å². The number of anilines is 1. The Kier molecular flexibility index (Phi) is 5.67. The molecule has 1 aliphatic heterocycles. The number of piperazine rings is 1. The first-order chi connectivity index (χ1) is 12.1. The van der Waals surface area contributed by atoms with Crippen molar-refractivity contribution in [1.82, 2.24) is 14.9 Å². The highest BCUT2D eigenvalue weighted by molar-refractivity contribution is 6.30. The number of aliphatic imine (C=N–C) groups is 1. The topological polar surface area (TPSA) is 90.9 Å². The van der Waals surface area contributed by atoms with Crippen LogP contribution in [0.15, 0.2) is 47.7 Å². The SMILES string of the molecule is NC(=NCC(O)c1cccc(Cl)c1)N1CCN(c2ncccn2)CC1. The van der Waals surface area contributed by atoms with Crippen LogP contribution in [-0.4, -0.2) is 58.7 Å². The molecule has 1 unspecified atom stereocenters. The van der Waals surface area contributed by atoms with Crippen molar-refractivity contribution >= 4 is 23.5 Å². The van der Waals surface area contributed by atoms with Crippen molar-refractivity contribution in [2.45, 2.75) is 6.10 Å². The average Bonchev–Trinajstić information content (AvgIpc) is 2.66. The van der Waals surface area contributed by atoms with E-state index in [0.717, 1.165) is 37.7 Å². The second kappa shape index (κ2) is 8.13. The summed E-state index contributed by atoms with van der Waals surface area (Å²) in [6.07, 6.45) is 2.75. The molecule has 0 saturated carbocycles. The molecule has 0 bridgehead atoms. The van der Waals surface area contributed by atoms with Crippen molar-refractivity contribution in [2.75, 3.05) is 37.6 Å². The van der Waals surface area contributed by atoms with Crippen LogP contribution in [0.2, 0.25) is 5.02 Å². The number of guanidine groups is 1. The maximum atomic E-state index is 10.2. The average molecular weight is 361 g/mol. The Hall–Kier alpha value is -2.38. The van der Waals surface area contributed by atoms with Crippen molar-refractivity contribution in [1.29, 1.82) is 0 Å². The Morgan fingerprint density at radius 2 is 1.92 bits per heavy atom. The first-order valence-electron chi connectivity index (χ1n) is 8.14. The highest BCUT2D eigenvalue weighted by Gasteiger charge is 2.20. The largest absolute Gasteiger partial charge is 0.386 e. The Labute approximate surface area is 151 Å². The van der Waals surface area contributed by atoms with Crippen molar-refractivity contribution < 1.29 is 5.11 Å². The third-order valence-electron chi connectivity index (χ3n) is 4.10. The quantitative estimate of drug-likeness (QED) is 0.631. The van der Waals surface area contributed by atoms with Gasteiger partial charge in [0.25, 0.3) is 0 Å². The van der Waals surface area contributed by atoms with Gasteiger partial charge in [-0.15, -0.1) is 0 Å². The molecule has 1 atom stereocenters. The van der Waals surface area contributed by atoms with Gasteiger partial charge in [-0.3, -0.25) is 4.99 Å². The maximum absolute atomic E-state index is 10.2. The summed E-state index contributed by atoms with van der Waals surface area (Å²) in [7, 11) is 0. The Morgan fingerprint density at radius 1 is 1.20 bits per heavy atom. The molecule has 1 saturated heterocycles. The molecular weight excluding hydrogens is 340 g/mol. The van der Waals surface area contributed by atoms with Gasteiger partial charge in [0.05, 0.1) is 12.6 Å². The fourth-order valence-corrected chi connectivity index (χ4v) is 2.89. The fourth-order valence-electron chi connectivity index (χ4n) is 2.69. The van der Waals surface area contributed by atoms with E-state index in [0.29, 0.717) is 11.0 Å². The zero-order chi connectivity index (χ0) is 17.6. The highest BCUT2D eigenvalue weighted by atomic mass is 35.5. The van der Waals surface area contributed by atoms with Crippen LogP contribution in [0.1, 0.15) is 11.7 Å². The minimum Gasteiger partial charge on any atom is -0.386 e. The van der Waals surface area contributed by atoms with E-state index < -0.39 is 6.10 Å². The number of nitrogens with zero attached hydrogens (tertiary/aromatic N) is 5. The zero-order valence-corrected chi connectivity index (χ0v) is 14.5. The Balaban J connectivity index is 1.53. The second-order valence-electron chi connectivity index (χ2n) is 5.79. The second-order valence-corrected chi connectivity index (χ2v) is 6.23. The molecule has 2 heterocycles. The number of nitrogens with two attached hydrogens (primary N) is 1. The van der Waals surface area contributed by atoms with Gasteiger partial charge in [-0.25, -0.2) is 9.97 Å². The van der Waals surface area contributed by atoms with Crippen molar-refractivity contribution in [3.05, 3.63) is 53.3 Å². The summed E-state index contributed by atoms with van der Waals surface area (Å²) in [6.45, 7) is 3.23. The van der Waals surface area contributed by atoms with Gasteiger partial charge in [0.15, 0.2) is 5.96 Å². The monoisotopic (exact) mass is 360 g/mol. The number of benzene rings is 1. The van der Waals surface area contributed by atoms with Gasteiger partial charge in [-0.2, -0.15) is 0 Å². The van der Waals surface area contributed by atoms with Gasteiger partial charge in [0.2, 0.25) is 5.95 Å². The lowest BCUT2D eigenvalue weighted by atomic mass is 10.1. The highest BCUT2D eigenvalue weighted by Crippen LogP contribution is 2.18. The van der Waals surface area contributed by atoms with E-state index in [2.05, 4.69) is 19.9 Å². The number of aliphatic hydroxyl groups excluding tert-OH is 1. The lowest BCUT2D eigenvalue weighted by Gasteiger charge is -2.35. The summed E-state index contributed by atoms with van der Waals surface area (Å²) >= 11 is 5.94. The summed E-state index contributed by atoms with van der Waals surface area (Å²) < 4.78 is 0. The summed E-state index contributed by atoms with van der Waals surface area (Å²) in [4.78, 5) is 17.0. The molecule has 7 nitrogen and oxygen atoms in total. The Morgan fingerprint density at radius 3 is 2.60 bits per heavy atom. The molecule has 3 N–H and O–H groups in total. The lowest BCUT2D eigenvalue weighted by Crippen LogP contribution is -2.51. The predicted octanol–water partition coefficient (Wildman–Crippen LogP) is 1.30. The van der Waals surface area contributed by atoms with E-state index in [9.17, 15) is 5.11 Å². The van der Waals surface area contributed by atoms with Gasteiger partial charge in [-0.1, -0.05) is 23.7 Å². The molecule has 8 heteroatoms. The molecule has 1 fully saturated rings. The van der Waals surface area contributed by atoms with E-state index in [-0.39, 0.29) is 6.54 Å². The normalized spacial score (nSPS) is 16.8. The minimum absolute atomic E-state index is 0.203. The number of hydrogen-bond acceptors (Lipinski definition) is 5. The van der Waals surface area contributed by atoms with Gasteiger partial charge >= 0.3 is 0 Å². The summed E-state index contributed by atoms with van der Waals surface area (Å²) in [6, 6.07) is 8.93. The summed E-state index contributed by atoms with van der Waals surface area (Å²) in [5.74, 6) is 1.17. The standard InChI is InChI=1S/C17H21ClN6O/c18-14-4-1-3-13(11-14)15(25)12-22-16(19)23-7-9-24(10-8-23)17-20-5-2-6-21-17/h1-6,11,15,25H,7-10,12H2,(H2,19,22). The summed E-state index contributed by atoms with van der Waals surface area (Å²) in [5, 5.41) is 10.8. The number of aliphatic hydroxyl groups is 1. The maximum Gasteiger partial charge on any atom is 0.225 e. The van der Waals surface area contributed by atoms with Gasteiger partial charge in [-0.05, 0) is 23.8 Å². The molecule has 2 aromatic rings. The number of aromatic nitrogens is 2.